The van der Waals surface area contributed by atoms with Gasteiger partial charge in [-0.05, 0) is 90.4 Å². The van der Waals surface area contributed by atoms with Crippen LogP contribution in [0.5, 0.6) is 0 Å². The molecule has 1 aromatic heterocycles. The lowest BCUT2D eigenvalue weighted by atomic mass is 10.1. The molecule has 0 spiro atoms. The van der Waals surface area contributed by atoms with Crippen molar-refractivity contribution >= 4 is 41.3 Å². The van der Waals surface area contributed by atoms with Crippen molar-refractivity contribution in [2.75, 3.05) is 10.2 Å². The third kappa shape index (κ3) is 11.0. The van der Waals surface area contributed by atoms with E-state index in [-0.39, 0.29) is 47.8 Å². The number of hydrogen-bond acceptors (Lipinski definition) is 8. The van der Waals surface area contributed by atoms with E-state index in [1.54, 1.807) is 63.4 Å². The maximum Gasteiger partial charge on any atom is 0.407 e. The highest BCUT2D eigenvalue weighted by Crippen LogP contribution is 2.37. The van der Waals surface area contributed by atoms with E-state index in [9.17, 15) is 28.0 Å². The third-order valence-electron chi connectivity index (χ3n) is 7.53. The Morgan fingerprint density at radius 1 is 0.830 bits per heavy atom. The molecule has 0 atom stereocenters. The van der Waals surface area contributed by atoms with Gasteiger partial charge in [0.05, 0.1) is 29.7 Å². The Bertz CT molecular complexity index is 2020. The fourth-order valence-electron chi connectivity index (χ4n) is 5.08. The number of carboxylic acids is 1. The Balaban J connectivity index is 0.000000281. The Kier molecular flexibility index (Phi) is 12.1. The van der Waals surface area contributed by atoms with Gasteiger partial charge >= 0.3 is 18.2 Å². The second-order valence-electron chi connectivity index (χ2n) is 14.3. The fourth-order valence-corrected chi connectivity index (χ4v) is 5.08. The van der Waals surface area contributed by atoms with Gasteiger partial charge in [0.25, 0.3) is 5.91 Å². The van der Waals surface area contributed by atoms with Crippen molar-refractivity contribution in [1.29, 1.82) is 0 Å². The van der Waals surface area contributed by atoms with Crippen LogP contribution in [0, 0.1) is 18.6 Å². The summed E-state index contributed by atoms with van der Waals surface area (Å²) in [5.74, 6) is -2.01. The predicted molar refractivity (Wildman–Crippen MR) is 194 cm³/mol. The number of benzene rings is 3. The highest BCUT2D eigenvalue weighted by Gasteiger charge is 2.27. The van der Waals surface area contributed by atoms with E-state index in [0.29, 0.717) is 5.69 Å². The van der Waals surface area contributed by atoms with E-state index >= 15 is 0 Å². The molecule has 3 amide bonds. The number of amides is 3. The van der Waals surface area contributed by atoms with Crippen molar-refractivity contribution in [3.8, 4) is 0 Å². The molecule has 0 saturated heterocycles. The van der Waals surface area contributed by atoms with Crippen molar-refractivity contribution in [1.82, 2.24) is 20.4 Å². The number of hydrogen-bond donors (Lipinski definition) is 4. The van der Waals surface area contributed by atoms with Gasteiger partial charge in [-0.25, -0.2) is 23.2 Å². The quantitative estimate of drug-likeness (QED) is 0.159. The first-order valence-corrected chi connectivity index (χ1v) is 16.6. The van der Waals surface area contributed by atoms with Gasteiger partial charge in [-0.15, -0.1) is 0 Å². The summed E-state index contributed by atoms with van der Waals surface area (Å²) in [6.07, 6.45) is 0.422. The van der Waals surface area contributed by atoms with Crippen molar-refractivity contribution in [3.63, 3.8) is 0 Å². The zero-order valence-electron chi connectivity index (χ0n) is 30.9. The van der Waals surface area contributed by atoms with Gasteiger partial charge in [-0.3, -0.25) is 9.48 Å². The van der Waals surface area contributed by atoms with Gasteiger partial charge < -0.3 is 35.4 Å². The monoisotopic (exact) mass is 734 g/mol. The zero-order valence-corrected chi connectivity index (χ0v) is 30.9. The molecule has 4 N–H and O–H groups in total. The summed E-state index contributed by atoms with van der Waals surface area (Å²) in [5.41, 5.74) is 2.59. The minimum Gasteiger partial charge on any atom is -0.478 e. The van der Waals surface area contributed by atoms with E-state index in [1.807, 2.05) is 32.2 Å². The van der Waals surface area contributed by atoms with E-state index in [2.05, 4.69) is 21.0 Å². The Labute approximate surface area is 306 Å². The maximum absolute atomic E-state index is 14.8. The van der Waals surface area contributed by atoms with E-state index in [1.165, 1.54) is 24.3 Å². The van der Waals surface area contributed by atoms with Crippen molar-refractivity contribution in [2.24, 2.45) is 7.05 Å². The van der Waals surface area contributed by atoms with Crippen LogP contribution in [0.2, 0.25) is 0 Å². The summed E-state index contributed by atoms with van der Waals surface area (Å²) in [6.45, 7) is 12.5. The topological polar surface area (TPSA) is 164 Å². The predicted octanol–water partition coefficient (Wildman–Crippen LogP) is 7.34. The number of aryl methyl sites for hydroxylation is 2. The lowest BCUT2D eigenvalue weighted by Crippen LogP contribution is -2.32. The number of carbonyl (C=O) groups excluding carboxylic acids is 3. The summed E-state index contributed by atoms with van der Waals surface area (Å²) < 4.78 is 40.3. The van der Waals surface area contributed by atoms with Crippen molar-refractivity contribution < 1.29 is 42.5 Å². The second kappa shape index (κ2) is 16.1. The van der Waals surface area contributed by atoms with Gasteiger partial charge in [0, 0.05) is 42.4 Å². The molecule has 53 heavy (non-hydrogen) atoms. The second-order valence-corrected chi connectivity index (χ2v) is 14.3. The molecule has 0 fully saturated rings. The molecule has 13 nitrogen and oxygen atoms in total. The first-order chi connectivity index (χ1) is 24.7. The zero-order chi connectivity index (χ0) is 39.2. The number of ether oxygens (including phenoxy) is 2. The lowest BCUT2D eigenvalue weighted by Gasteiger charge is -2.23. The number of aromatic carboxylic acids is 1. The Hall–Kier alpha value is -5.99. The fraction of sp³-hybridized carbons (Fsp3) is 0.342. The summed E-state index contributed by atoms with van der Waals surface area (Å²) >= 11 is 0. The van der Waals surface area contributed by atoms with Crippen LogP contribution < -0.4 is 20.9 Å². The average Bonchev–Trinajstić information content (AvgIpc) is 3.29. The molecule has 0 radical (unpaired) electrons. The lowest BCUT2D eigenvalue weighted by molar-refractivity contribution is 0.0511. The van der Waals surface area contributed by atoms with Gasteiger partial charge in [-0.1, -0.05) is 18.2 Å². The first kappa shape index (κ1) is 39.8. The number of carbonyl (C=O) groups is 4. The van der Waals surface area contributed by atoms with Crippen molar-refractivity contribution in [3.05, 3.63) is 106 Å². The van der Waals surface area contributed by atoms with Crippen LogP contribution in [-0.2, 0) is 36.2 Å². The molecule has 0 unspecified atom stereocenters. The maximum atomic E-state index is 14.8. The van der Waals surface area contributed by atoms with E-state index < -0.39 is 41.0 Å². The number of fused-ring (bicyclic) bond motifs is 2. The van der Waals surface area contributed by atoms with Crippen LogP contribution in [0.15, 0.2) is 60.8 Å². The minimum absolute atomic E-state index is 0.0516. The minimum atomic E-state index is -1.20. The Morgan fingerprint density at radius 3 is 1.87 bits per heavy atom. The van der Waals surface area contributed by atoms with Gasteiger partial charge in [0.15, 0.2) is 0 Å². The summed E-state index contributed by atoms with van der Waals surface area (Å²) in [4.78, 5) is 49.0. The number of anilines is 3. The highest BCUT2D eigenvalue weighted by molar-refractivity contribution is 6.08. The van der Waals surface area contributed by atoms with Crippen LogP contribution in [0.3, 0.4) is 0 Å². The number of aromatic nitrogens is 2. The standard InChI is InChI=1S/C25H28FN5O3.C13H16FNO4/c1-15-6-9-21-20(10-15)29-22-18(13-28-30(22)5)14-31(21)23(32)16-7-8-17(19(26)11-16)12-27-24(33)34-25(2,3)4;1-13(2,3)19-12(18)15-7-9-5-4-8(11(16)17)6-10(9)14/h6-11,13,29H,12,14H2,1-5H3,(H,27,33);4-6H,7H2,1-3H3,(H,15,18)(H,16,17). The molecule has 2 heterocycles. The molecular weight excluding hydrogens is 690 g/mol. The van der Waals surface area contributed by atoms with Gasteiger partial charge in [0.1, 0.15) is 28.7 Å². The number of carboxylic acid groups (broad SMARTS) is 1. The van der Waals surface area contributed by atoms with Crippen molar-refractivity contribution in [2.45, 2.75) is 79.3 Å². The number of nitrogens with zero attached hydrogens (tertiary/aromatic N) is 3. The van der Waals surface area contributed by atoms with E-state index in [4.69, 9.17) is 14.6 Å². The number of alkyl carbamates (subject to hydrolysis) is 2. The molecule has 0 saturated carbocycles. The summed E-state index contributed by atoms with van der Waals surface area (Å²) in [5, 5.41) is 21.3. The van der Waals surface area contributed by atoms with Crippen LogP contribution in [0.25, 0.3) is 0 Å². The van der Waals surface area contributed by atoms with Gasteiger partial charge in [0.2, 0.25) is 0 Å². The number of nitrogens with one attached hydrogen (secondary N) is 3. The number of halogens is 2. The molecule has 0 bridgehead atoms. The molecular formula is C38H44F2N6O7. The molecule has 1 aliphatic heterocycles. The largest absolute Gasteiger partial charge is 0.478 e. The third-order valence-corrected chi connectivity index (χ3v) is 7.53. The average molecular weight is 735 g/mol. The molecule has 4 aromatic rings. The molecule has 5 rings (SSSR count). The van der Waals surface area contributed by atoms with Crippen LogP contribution in [0.4, 0.5) is 35.6 Å². The highest BCUT2D eigenvalue weighted by atomic mass is 19.1. The molecule has 0 aliphatic carbocycles. The summed E-state index contributed by atoms with van der Waals surface area (Å²) in [7, 11) is 1.83. The molecule has 1 aliphatic rings. The molecule has 3 aromatic carbocycles. The smallest absolute Gasteiger partial charge is 0.407 e. The molecule has 282 valence electrons. The first-order valence-electron chi connectivity index (χ1n) is 16.6. The number of rotatable bonds is 6. The van der Waals surface area contributed by atoms with E-state index in [0.717, 1.165) is 28.7 Å². The van der Waals surface area contributed by atoms with Crippen LogP contribution >= 0.6 is 0 Å². The van der Waals surface area contributed by atoms with Crippen LogP contribution in [0.1, 0.15) is 84.5 Å². The summed E-state index contributed by atoms with van der Waals surface area (Å²) in [6, 6.07) is 13.5. The Morgan fingerprint density at radius 2 is 1.36 bits per heavy atom. The SMILES string of the molecule is CC(C)(C)OC(=O)NCc1ccc(C(=O)O)cc1F.Cc1ccc2c(c1)Nc1c(cnn1C)CN2C(=O)c1ccc(CNC(=O)OC(C)(C)C)c(F)c1. The van der Waals surface area contributed by atoms with Gasteiger partial charge in [-0.2, -0.15) is 5.10 Å². The molecule has 15 heteroatoms. The van der Waals surface area contributed by atoms with Crippen LogP contribution in [-0.4, -0.2) is 50.2 Å². The normalized spacial score (nSPS) is 12.2.